The number of hydrogen-bond donors (Lipinski definition) is 0. The number of fused-ring (bicyclic) bond motifs is 1. The molecular formula is C22H27N3O5S. The Balaban J connectivity index is 1.60. The number of benzene rings is 1. The molecule has 1 fully saturated rings. The van der Waals surface area contributed by atoms with E-state index < -0.39 is 15.6 Å². The maximum absolute atomic E-state index is 13.1. The summed E-state index contributed by atoms with van der Waals surface area (Å²) in [6.07, 6.45) is 5.00. The number of rotatable bonds is 4. The Labute approximate surface area is 182 Å². The summed E-state index contributed by atoms with van der Waals surface area (Å²) in [5.41, 5.74) is 0.986. The SMILES string of the molecule is Cc1ccc2c(c1)N(C(=O)Cn1cccc(S(=O)(=O)N3CCCCCC3)c1=O)CCO2. The summed E-state index contributed by atoms with van der Waals surface area (Å²) in [6, 6.07) is 8.45. The number of pyridine rings is 1. The topological polar surface area (TPSA) is 88.9 Å². The van der Waals surface area contributed by atoms with E-state index in [1.807, 2.05) is 25.1 Å². The molecule has 1 amide bonds. The fraction of sp³-hybridized carbons (Fsp3) is 0.455. The highest BCUT2D eigenvalue weighted by molar-refractivity contribution is 7.89. The van der Waals surface area contributed by atoms with Gasteiger partial charge >= 0.3 is 0 Å². The van der Waals surface area contributed by atoms with Gasteiger partial charge in [0.05, 0.1) is 12.2 Å². The molecule has 0 saturated carbocycles. The lowest BCUT2D eigenvalue weighted by Crippen LogP contribution is -2.42. The summed E-state index contributed by atoms with van der Waals surface area (Å²) >= 11 is 0. The number of anilines is 1. The van der Waals surface area contributed by atoms with Crippen LogP contribution in [0.4, 0.5) is 5.69 Å². The molecule has 4 rings (SSSR count). The minimum absolute atomic E-state index is 0.241. The van der Waals surface area contributed by atoms with Crippen molar-refractivity contribution in [2.45, 2.75) is 44.0 Å². The van der Waals surface area contributed by atoms with E-state index >= 15 is 0 Å². The molecule has 0 bridgehead atoms. The number of nitrogens with zero attached hydrogens (tertiary/aromatic N) is 3. The third-order valence-electron chi connectivity index (χ3n) is 5.75. The molecule has 1 aromatic carbocycles. The molecule has 9 heteroatoms. The van der Waals surface area contributed by atoms with Gasteiger partial charge in [-0.2, -0.15) is 4.31 Å². The first kappa shape index (κ1) is 21.6. The van der Waals surface area contributed by atoms with Crippen LogP contribution in [0.1, 0.15) is 31.2 Å². The molecule has 2 aliphatic rings. The second-order valence-corrected chi connectivity index (χ2v) is 9.90. The number of carbonyl (C=O) groups is 1. The van der Waals surface area contributed by atoms with Gasteiger partial charge in [-0.15, -0.1) is 0 Å². The van der Waals surface area contributed by atoms with Crippen LogP contribution in [-0.2, 0) is 21.4 Å². The summed E-state index contributed by atoms with van der Waals surface area (Å²) < 4.78 is 34.4. The molecule has 0 unspecified atom stereocenters. The van der Waals surface area contributed by atoms with E-state index in [9.17, 15) is 18.0 Å². The van der Waals surface area contributed by atoms with Gasteiger partial charge in [0.25, 0.3) is 5.56 Å². The molecule has 0 aliphatic carbocycles. The van der Waals surface area contributed by atoms with Crippen molar-refractivity contribution in [3.63, 3.8) is 0 Å². The van der Waals surface area contributed by atoms with Crippen LogP contribution >= 0.6 is 0 Å². The van der Waals surface area contributed by atoms with Crippen molar-refractivity contribution in [3.8, 4) is 5.75 Å². The fourth-order valence-corrected chi connectivity index (χ4v) is 5.68. The Kier molecular flexibility index (Phi) is 6.15. The molecule has 0 radical (unpaired) electrons. The number of ether oxygens (including phenoxy) is 1. The van der Waals surface area contributed by atoms with Crippen LogP contribution in [-0.4, -0.2) is 49.4 Å². The summed E-state index contributed by atoms with van der Waals surface area (Å²) in [6.45, 7) is 3.25. The van der Waals surface area contributed by atoms with Gasteiger partial charge < -0.3 is 14.2 Å². The molecule has 166 valence electrons. The second-order valence-electron chi connectivity index (χ2n) is 7.99. The lowest BCUT2D eigenvalue weighted by molar-refractivity contribution is -0.119. The quantitative estimate of drug-likeness (QED) is 0.720. The first-order chi connectivity index (χ1) is 14.9. The van der Waals surface area contributed by atoms with Gasteiger partial charge in [-0.05, 0) is 49.6 Å². The van der Waals surface area contributed by atoms with Crippen molar-refractivity contribution >= 4 is 21.6 Å². The van der Waals surface area contributed by atoms with Gasteiger partial charge in [-0.25, -0.2) is 8.42 Å². The van der Waals surface area contributed by atoms with E-state index in [2.05, 4.69) is 0 Å². The normalized spacial score (nSPS) is 17.5. The van der Waals surface area contributed by atoms with E-state index in [0.29, 0.717) is 37.7 Å². The van der Waals surface area contributed by atoms with Gasteiger partial charge in [-0.3, -0.25) is 9.59 Å². The van der Waals surface area contributed by atoms with Crippen LogP contribution in [0.5, 0.6) is 5.75 Å². The van der Waals surface area contributed by atoms with E-state index in [4.69, 9.17) is 4.74 Å². The Morgan fingerprint density at radius 3 is 2.55 bits per heavy atom. The molecule has 3 heterocycles. The maximum Gasteiger partial charge on any atom is 0.271 e. The molecule has 2 aliphatic heterocycles. The number of carbonyl (C=O) groups excluding carboxylic acids is 1. The second kappa shape index (κ2) is 8.84. The average Bonchev–Trinajstić information content (AvgIpc) is 3.05. The van der Waals surface area contributed by atoms with Gasteiger partial charge in [-0.1, -0.05) is 18.9 Å². The minimum atomic E-state index is -3.90. The molecule has 1 aromatic heterocycles. The zero-order chi connectivity index (χ0) is 22.0. The van der Waals surface area contributed by atoms with Crippen molar-refractivity contribution in [2.24, 2.45) is 0 Å². The molecule has 2 aromatic rings. The molecule has 31 heavy (non-hydrogen) atoms. The fourth-order valence-electron chi connectivity index (χ4n) is 4.07. The van der Waals surface area contributed by atoms with Gasteiger partial charge in [0, 0.05) is 19.3 Å². The molecule has 1 saturated heterocycles. The summed E-state index contributed by atoms with van der Waals surface area (Å²) in [5, 5.41) is 0. The van der Waals surface area contributed by atoms with Crippen LogP contribution in [0, 0.1) is 6.92 Å². The number of aromatic nitrogens is 1. The predicted molar refractivity (Wildman–Crippen MR) is 117 cm³/mol. The third kappa shape index (κ3) is 4.38. The third-order valence-corrected chi connectivity index (χ3v) is 7.66. The van der Waals surface area contributed by atoms with Crippen molar-refractivity contribution in [2.75, 3.05) is 31.1 Å². The highest BCUT2D eigenvalue weighted by atomic mass is 32.2. The first-order valence-electron chi connectivity index (χ1n) is 10.6. The highest BCUT2D eigenvalue weighted by Crippen LogP contribution is 2.32. The molecule has 0 atom stereocenters. The first-order valence-corrected chi connectivity index (χ1v) is 12.1. The van der Waals surface area contributed by atoms with Crippen LogP contribution in [0.2, 0.25) is 0 Å². The Morgan fingerprint density at radius 2 is 1.81 bits per heavy atom. The van der Waals surface area contributed by atoms with Gasteiger partial charge in [0.15, 0.2) is 0 Å². The zero-order valence-corrected chi connectivity index (χ0v) is 18.4. The van der Waals surface area contributed by atoms with E-state index in [-0.39, 0.29) is 17.3 Å². The Morgan fingerprint density at radius 1 is 1.06 bits per heavy atom. The van der Waals surface area contributed by atoms with Crippen LogP contribution < -0.4 is 15.2 Å². The standard InChI is InChI=1S/C22H27N3O5S/c1-17-8-9-19-18(15-17)25(13-14-30-19)21(26)16-23-10-6-7-20(22(23)27)31(28,29)24-11-4-2-3-5-12-24/h6-10,15H,2-5,11-14,16H2,1H3. The van der Waals surface area contributed by atoms with Crippen LogP contribution in [0.3, 0.4) is 0 Å². The Hall–Kier alpha value is -2.65. The van der Waals surface area contributed by atoms with Crippen molar-refractivity contribution in [1.82, 2.24) is 8.87 Å². The lowest BCUT2D eigenvalue weighted by Gasteiger charge is -2.30. The van der Waals surface area contributed by atoms with E-state index in [1.165, 1.54) is 27.2 Å². The molecule has 8 nitrogen and oxygen atoms in total. The number of sulfonamides is 1. The largest absolute Gasteiger partial charge is 0.490 e. The van der Waals surface area contributed by atoms with Gasteiger partial charge in [0.1, 0.15) is 23.8 Å². The maximum atomic E-state index is 13.1. The lowest BCUT2D eigenvalue weighted by atomic mass is 10.1. The van der Waals surface area contributed by atoms with E-state index in [1.54, 1.807) is 4.90 Å². The molecule has 0 N–H and O–H groups in total. The average molecular weight is 446 g/mol. The minimum Gasteiger partial charge on any atom is -0.490 e. The predicted octanol–water partition coefficient (Wildman–Crippen LogP) is 2.15. The number of hydrogen-bond acceptors (Lipinski definition) is 5. The van der Waals surface area contributed by atoms with Gasteiger partial charge in [0.2, 0.25) is 15.9 Å². The highest BCUT2D eigenvalue weighted by Gasteiger charge is 2.29. The van der Waals surface area contributed by atoms with Crippen molar-refractivity contribution in [3.05, 3.63) is 52.4 Å². The monoisotopic (exact) mass is 445 g/mol. The Bertz CT molecular complexity index is 1130. The summed E-state index contributed by atoms with van der Waals surface area (Å²) in [7, 11) is -3.90. The molecule has 0 spiro atoms. The number of amides is 1. The van der Waals surface area contributed by atoms with Crippen molar-refractivity contribution in [1.29, 1.82) is 0 Å². The van der Waals surface area contributed by atoms with Crippen molar-refractivity contribution < 1.29 is 17.9 Å². The molecular weight excluding hydrogens is 418 g/mol. The smallest absolute Gasteiger partial charge is 0.271 e. The van der Waals surface area contributed by atoms with E-state index in [0.717, 1.165) is 31.2 Å². The van der Waals surface area contributed by atoms with Crippen LogP contribution in [0.25, 0.3) is 0 Å². The summed E-state index contributed by atoms with van der Waals surface area (Å²) in [5.74, 6) is 0.330. The zero-order valence-electron chi connectivity index (χ0n) is 17.6. The number of aryl methyl sites for hydroxylation is 1. The summed E-state index contributed by atoms with van der Waals surface area (Å²) in [4.78, 5) is 27.4. The van der Waals surface area contributed by atoms with Crippen LogP contribution in [0.15, 0.2) is 46.2 Å².